The molecule has 1 aliphatic rings. The van der Waals surface area contributed by atoms with Crippen LogP contribution in [0.3, 0.4) is 0 Å². The largest absolute Gasteiger partial charge is 0.481 e. The van der Waals surface area contributed by atoms with Gasteiger partial charge in [-0.25, -0.2) is 0 Å². The van der Waals surface area contributed by atoms with E-state index >= 15 is 0 Å². The van der Waals surface area contributed by atoms with E-state index < -0.39 is 5.97 Å². The fraction of sp³-hybridized carbons (Fsp3) is 0.857. The van der Waals surface area contributed by atoms with Crippen molar-refractivity contribution in [1.82, 2.24) is 10.2 Å². The van der Waals surface area contributed by atoms with E-state index in [1.54, 1.807) is 0 Å². The van der Waals surface area contributed by atoms with Gasteiger partial charge in [-0.15, -0.1) is 0 Å². The molecule has 1 unspecified atom stereocenters. The molecule has 1 saturated heterocycles. The van der Waals surface area contributed by atoms with Crippen LogP contribution in [0, 0.1) is 11.8 Å². The summed E-state index contributed by atoms with van der Waals surface area (Å²) in [6, 6.07) is -0.242. The summed E-state index contributed by atoms with van der Waals surface area (Å²) in [4.78, 5) is 25.0. The van der Waals surface area contributed by atoms with Gasteiger partial charge in [-0.3, -0.25) is 14.5 Å². The predicted octanol–water partition coefficient (Wildman–Crippen LogP) is 1.33. The van der Waals surface area contributed by atoms with E-state index in [1.165, 1.54) is 0 Å². The van der Waals surface area contributed by atoms with Crippen LogP contribution >= 0.6 is 0 Å². The van der Waals surface area contributed by atoms with Crippen LogP contribution in [0.1, 0.15) is 40.0 Å². The Bertz CT molecular complexity index is 320. The van der Waals surface area contributed by atoms with Crippen LogP contribution in [0.25, 0.3) is 0 Å². The molecule has 0 aromatic heterocycles. The van der Waals surface area contributed by atoms with Crippen molar-refractivity contribution >= 4 is 11.9 Å². The second-order valence-electron chi connectivity index (χ2n) is 5.55. The number of nitrogens with zero attached hydrogens (tertiary/aromatic N) is 1. The zero-order valence-electron chi connectivity index (χ0n) is 12.2. The Hall–Kier alpha value is -1.10. The van der Waals surface area contributed by atoms with E-state index in [0.29, 0.717) is 19.6 Å². The van der Waals surface area contributed by atoms with Crippen molar-refractivity contribution in [2.45, 2.75) is 46.1 Å². The molecule has 1 rings (SSSR count). The summed E-state index contributed by atoms with van der Waals surface area (Å²) < 4.78 is 0. The Kier molecular flexibility index (Phi) is 6.28. The molecule has 0 aromatic carbocycles. The van der Waals surface area contributed by atoms with E-state index in [1.807, 2.05) is 18.7 Å². The molecule has 1 aliphatic heterocycles. The maximum atomic E-state index is 12.0. The van der Waals surface area contributed by atoms with Crippen LogP contribution < -0.4 is 5.32 Å². The first kappa shape index (κ1) is 16.0. The number of hydrogen-bond acceptors (Lipinski definition) is 3. The van der Waals surface area contributed by atoms with E-state index in [0.717, 1.165) is 19.3 Å². The van der Waals surface area contributed by atoms with Crippen molar-refractivity contribution in [2.24, 2.45) is 11.8 Å². The molecule has 1 fully saturated rings. The highest BCUT2D eigenvalue weighted by atomic mass is 16.4. The zero-order chi connectivity index (χ0) is 14.4. The normalized spacial score (nSPS) is 25.2. The van der Waals surface area contributed by atoms with Crippen molar-refractivity contribution in [3.63, 3.8) is 0 Å². The van der Waals surface area contributed by atoms with Crippen LogP contribution in [0.4, 0.5) is 0 Å². The molecule has 0 spiro atoms. The maximum absolute atomic E-state index is 12.0. The molecule has 5 nitrogen and oxygen atoms in total. The van der Waals surface area contributed by atoms with E-state index in [2.05, 4.69) is 12.2 Å². The first-order valence-electron chi connectivity index (χ1n) is 7.22. The smallest absolute Gasteiger partial charge is 0.308 e. The molecular weight excluding hydrogens is 244 g/mol. The van der Waals surface area contributed by atoms with Crippen molar-refractivity contribution in [3.8, 4) is 0 Å². The molecule has 110 valence electrons. The Morgan fingerprint density at radius 2 is 2.05 bits per heavy atom. The number of likely N-dealkylation sites (tertiary alicyclic amines) is 1. The lowest BCUT2D eigenvalue weighted by atomic mass is 9.99. The Labute approximate surface area is 115 Å². The van der Waals surface area contributed by atoms with E-state index in [-0.39, 0.29) is 23.8 Å². The van der Waals surface area contributed by atoms with Gasteiger partial charge < -0.3 is 10.4 Å². The monoisotopic (exact) mass is 270 g/mol. The highest BCUT2D eigenvalue weighted by molar-refractivity contribution is 5.81. The molecule has 1 amide bonds. The summed E-state index contributed by atoms with van der Waals surface area (Å²) >= 11 is 0. The molecule has 0 saturated carbocycles. The van der Waals surface area contributed by atoms with Crippen LogP contribution in [0.15, 0.2) is 0 Å². The molecule has 0 aromatic rings. The molecule has 5 heteroatoms. The fourth-order valence-electron chi connectivity index (χ4n) is 2.54. The number of amides is 1. The number of carbonyl (C=O) groups is 2. The maximum Gasteiger partial charge on any atom is 0.308 e. The summed E-state index contributed by atoms with van der Waals surface area (Å²) in [6.07, 6.45) is 3.26. The number of rotatable bonds is 7. The first-order chi connectivity index (χ1) is 8.97. The number of carboxylic acids is 1. The van der Waals surface area contributed by atoms with Gasteiger partial charge in [0.2, 0.25) is 5.91 Å². The third kappa shape index (κ3) is 4.49. The molecule has 3 atom stereocenters. The molecule has 0 radical (unpaired) electrons. The topological polar surface area (TPSA) is 69.6 Å². The summed E-state index contributed by atoms with van der Waals surface area (Å²) in [7, 11) is 0. The van der Waals surface area contributed by atoms with Gasteiger partial charge in [-0.2, -0.15) is 0 Å². The second kappa shape index (κ2) is 7.48. The minimum absolute atomic E-state index is 0.00865. The number of unbranched alkanes of at least 4 members (excludes halogenated alkanes) is 2. The minimum Gasteiger partial charge on any atom is -0.481 e. The lowest BCUT2D eigenvalue weighted by Gasteiger charge is -2.23. The number of hydrogen-bond donors (Lipinski definition) is 2. The average molecular weight is 270 g/mol. The van der Waals surface area contributed by atoms with Gasteiger partial charge in [0.15, 0.2) is 0 Å². The number of carboxylic acid groups (broad SMARTS) is 1. The van der Waals surface area contributed by atoms with Gasteiger partial charge in [0, 0.05) is 19.6 Å². The van der Waals surface area contributed by atoms with Crippen molar-refractivity contribution in [1.29, 1.82) is 0 Å². The average Bonchev–Trinajstić information content (AvgIpc) is 2.75. The van der Waals surface area contributed by atoms with Crippen molar-refractivity contribution < 1.29 is 14.7 Å². The molecule has 1 heterocycles. The van der Waals surface area contributed by atoms with Gasteiger partial charge in [0.25, 0.3) is 0 Å². The Morgan fingerprint density at radius 1 is 1.37 bits per heavy atom. The lowest BCUT2D eigenvalue weighted by molar-refractivity contribution is -0.142. The van der Waals surface area contributed by atoms with E-state index in [4.69, 9.17) is 5.11 Å². The predicted molar refractivity (Wildman–Crippen MR) is 73.9 cm³/mol. The third-order valence-corrected chi connectivity index (χ3v) is 3.96. The van der Waals surface area contributed by atoms with Crippen molar-refractivity contribution in [2.75, 3.05) is 19.6 Å². The van der Waals surface area contributed by atoms with Gasteiger partial charge in [0.1, 0.15) is 0 Å². The van der Waals surface area contributed by atoms with Gasteiger partial charge in [0.05, 0.1) is 12.0 Å². The minimum atomic E-state index is -0.759. The summed E-state index contributed by atoms with van der Waals surface area (Å²) in [5, 5.41) is 12.0. The number of carbonyl (C=O) groups excluding carboxylic acids is 1. The molecule has 0 aliphatic carbocycles. The first-order valence-corrected chi connectivity index (χ1v) is 7.22. The number of nitrogens with one attached hydrogen (secondary N) is 1. The third-order valence-electron chi connectivity index (χ3n) is 3.96. The Morgan fingerprint density at radius 3 is 2.58 bits per heavy atom. The summed E-state index contributed by atoms with van der Waals surface area (Å²) in [6.45, 7) is 7.78. The lowest BCUT2D eigenvalue weighted by Crippen LogP contribution is -2.44. The van der Waals surface area contributed by atoms with Crippen LogP contribution in [-0.4, -0.2) is 47.6 Å². The second-order valence-corrected chi connectivity index (χ2v) is 5.55. The molecule has 2 N–H and O–H groups in total. The van der Waals surface area contributed by atoms with Crippen LogP contribution in [0.2, 0.25) is 0 Å². The summed E-state index contributed by atoms with van der Waals surface area (Å²) in [5.74, 6) is -0.997. The summed E-state index contributed by atoms with van der Waals surface area (Å²) in [5.41, 5.74) is 0. The Balaban J connectivity index is 2.39. The van der Waals surface area contributed by atoms with Crippen LogP contribution in [0.5, 0.6) is 0 Å². The molecule has 0 bridgehead atoms. The van der Waals surface area contributed by atoms with Crippen LogP contribution in [-0.2, 0) is 9.59 Å². The number of aliphatic carboxylic acids is 1. The standard InChI is InChI=1S/C14H26N2O3/c1-4-5-6-7-15-13(17)11(3)16-8-10(2)12(9-16)14(18)19/h10-12H,4-9H2,1-3H3,(H,15,17)(H,18,19)/t10-,11?,12-/m1/s1. The van der Waals surface area contributed by atoms with Gasteiger partial charge in [-0.05, 0) is 19.3 Å². The van der Waals surface area contributed by atoms with Gasteiger partial charge in [-0.1, -0.05) is 26.7 Å². The van der Waals surface area contributed by atoms with Crippen molar-refractivity contribution in [3.05, 3.63) is 0 Å². The van der Waals surface area contributed by atoms with Gasteiger partial charge >= 0.3 is 5.97 Å². The van der Waals surface area contributed by atoms with E-state index in [9.17, 15) is 9.59 Å². The molecule has 19 heavy (non-hydrogen) atoms. The highest BCUT2D eigenvalue weighted by Gasteiger charge is 2.38. The molecular formula is C14H26N2O3. The SMILES string of the molecule is CCCCCNC(=O)C(C)N1C[C@@H](C)[C@H](C(=O)O)C1. The fourth-order valence-corrected chi connectivity index (χ4v) is 2.54. The zero-order valence-corrected chi connectivity index (χ0v) is 12.2. The highest BCUT2D eigenvalue weighted by Crippen LogP contribution is 2.24. The quantitative estimate of drug-likeness (QED) is 0.685.